The summed E-state index contributed by atoms with van der Waals surface area (Å²) in [6.45, 7) is 2.11. The zero-order chi connectivity index (χ0) is 10.9. The van der Waals surface area contributed by atoms with Crippen LogP contribution in [-0.2, 0) is 10.0 Å². The third kappa shape index (κ3) is 1.73. The van der Waals surface area contributed by atoms with Gasteiger partial charge in [-0.05, 0) is 6.07 Å². The number of fused-ring (bicyclic) bond motifs is 1. The van der Waals surface area contributed by atoms with Crippen LogP contribution >= 0.6 is 0 Å². The summed E-state index contributed by atoms with van der Waals surface area (Å²) in [5, 5.41) is 7.29. The molecule has 6 heteroatoms. The lowest BCUT2D eigenvalue weighted by molar-refractivity contribution is 0.584. The van der Waals surface area contributed by atoms with E-state index in [0.29, 0.717) is 12.1 Å². The molecule has 1 aromatic heterocycles. The number of aromatic amines is 1. The number of nitrogens with zero attached hydrogens (tertiary/aromatic N) is 1. The monoisotopic (exact) mass is 225 g/mol. The molecule has 0 saturated heterocycles. The molecule has 2 rings (SSSR count). The minimum absolute atomic E-state index is 0.236. The molecule has 0 aliphatic heterocycles. The van der Waals surface area contributed by atoms with Crippen molar-refractivity contribution in [1.82, 2.24) is 14.9 Å². The highest BCUT2D eigenvalue weighted by Crippen LogP contribution is 2.19. The van der Waals surface area contributed by atoms with Crippen LogP contribution < -0.4 is 4.72 Å². The molecule has 2 N–H and O–H groups in total. The molecule has 15 heavy (non-hydrogen) atoms. The van der Waals surface area contributed by atoms with Crippen molar-refractivity contribution in [1.29, 1.82) is 0 Å². The third-order valence-electron chi connectivity index (χ3n) is 2.06. The maximum Gasteiger partial charge on any atom is 0.242 e. The highest BCUT2D eigenvalue weighted by molar-refractivity contribution is 7.89. The predicted molar refractivity (Wildman–Crippen MR) is 57.0 cm³/mol. The van der Waals surface area contributed by atoms with Gasteiger partial charge in [-0.2, -0.15) is 5.10 Å². The lowest BCUT2D eigenvalue weighted by Crippen LogP contribution is -2.23. The van der Waals surface area contributed by atoms with Crippen LogP contribution in [0, 0.1) is 0 Å². The molecule has 1 aromatic carbocycles. The average Bonchev–Trinajstić information content (AvgIpc) is 2.64. The first-order valence-corrected chi connectivity index (χ1v) is 6.05. The van der Waals surface area contributed by atoms with Gasteiger partial charge in [0.1, 0.15) is 4.90 Å². The van der Waals surface area contributed by atoms with Gasteiger partial charge in [0.15, 0.2) is 0 Å². The summed E-state index contributed by atoms with van der Waals surface area (Å²) in [6, 6.07) is 5.06. The number of hydrogen-bond acceptors (Lipinski definition) is 3. The van der Waals surface area contributed by atoms with Gasteiger partial charge < -0.3 is 0 Å². The summed E-state index contributed by atoms with van der Waals surface area (Å²) >= 11 is 0. The SMILES string of the molecule is CCNS(=O)(=O)c1cccc2cn[nH]c12. The van der Waals surface area contributed by atoms with Gasteiger partial charge in [-0.1, -0.05) is 19.1 Å². The van der Waals surface area contributed by atoms with E-state index in [0.717, 1.165) is 5.39 Å². The third-order valence-corrected chi connectivity index (χ3v) is 3.65. The Morgan fingerprint density at radius 3 is 3.00 bits per heavy atom. The highest BCUT2D eigenvalue weighted by Gasteiger charge is 2.16. The molecule has 5 nitrogen and oxygen atoms in total. The van der Waals surface area contributed by atoms with E-state index in [1.54, 1.807) is 25.3 Å². The molecule has 0 aliphatic carbocycles. The van der Waals surface area contributed by atoms with Crippen LogP contribution in [0.15, 0.2) is 29.3 Å². The minimum Gasteiger partial charge on any atom is -0.276 e. The van der Waals surface area contributed by atoms with Gasteiger partial charge in [0, 0.05) is 11.9 Å². The highest BCUT2D eigenvalue weighted by atomic mass is 32.2. The molecule has 0 radical (unpaired) electrons. The maximum atomic E-state index is 11.8. The number of sulfonamides is 1. The van der Waals surface area contributed by atoms with E-state index in [1.165, 1.54) is 0 Å². The Balaban J connectivity index is 2.66. The second-order valence-corrected chi connectivity index (χ2v) is 4.83. The van der Waals surface area contributed by atoms with E-state index in [9.17, 15) is 8.42 Å². The molecule has 0 fully saturated rings. The van der Waals surface area contributed by atoms with E-state index >= 15 is 0 Å². The summed E-state index contributed by atoms with van der Waals surface area (Å²) in [6.07, 6.45) is 1.60. The van der Waals surface area contributed by atoms with Gasteiger partial charge in [0.2, 0.25) is 10.0 Å². The number of aromatic nitrogens is 2. The fourth-order valence-electron chi connectivity index (χ4n) is 1.43. The molecule has 0 bridgehead atoms. The maximum absolute atomic E-state index is 11.8. The molecule has 2 aromatic rings. The van der Waals surface area contributed by atoms with Gasteiger partial charge in [0.05, 0.1) is 11.7 Å². The van der Waals surface area contributed by atoms with E-state index < -0.39 is 10.0 Å². The fraction of sp³-hybridized carbons (Fsp3) is 0.222. The molecule has 0 atom stereocenters. The van der Waals surface area contributed by atoms with Crippen LogP contribution in [0.5, 0.6) is 0 Å². The molecular weight excluding hydrogens is 214 g/mol. The quantitative estimate of drug-likeness (QED) is 0.813. The Hall–Kier alpha value is -1.40. The van der Waals surface area contributed by atoms with Crippen LogP contribution in [-0.4, -0.2) is 25.2 Å². The lowest BCUT2D eigenvalue weighted by Gasteiger charge is -2.04. The Labute approximate surface area is 87.6 Å². The number of para-hydroxylation sites is 1. The Kier molecular flexibility index (Phi) is 2.45. The average molecular weight is 225 g/mol. The zero-order valence-corrected chi connectivity index (χ0v) is 9.00. The number of rotatable bonds is 3. The Morgan fingerprint density at radius 2 is 2.27 bits per heavy atom. The number of nitrogens with one attached hydrogen (secondary N) is 2. The molecule has 0 unspecified atom stereocenters. The summed E-state index contributed by atoms with van der Waals surface area (Å²) < 4.78 is 26.0. The van der Waals surface area contributed by atoms with Crippen molar-refractivity contribution in [2.75, 3.05) is 6.54 Å². The van der Waals surface area contributed by atoms with Gasteiger partial charge in [-0.3, -0.25) is 5.10 Å². The van der Waals surface area contributed by atoms with Gasteiger partial charge >= 0.3 is 0 Å². The molecule has 0 aliphatic rings. The second-order valence-electron chi connectivity index (χ2n) is 3.09. The standard InChI is InChI=1S/C9H11N3O2S/c1-2-11-15(13,14)8-5-3-4-7-6-10-12-9(7)8/h3-6,11H,2H2,1H3,(H,10,12). The smallest absolute Gasteiger partial charge is 0.242 e. The summed E-state index contributed by atoms with van der Waals surface area (Å²) in [4.78, 5) is 0.236. The molecule has 0 saturated carbocycles. The topological polar surface area (TPSA) is 74.8 Å². The molecule has 0 spiro atoms. The first-order chi connectivity index (χ1) is 7.15. The Bertz CT molecular complexity index is 574. The van der Waals surface area contributed by atoms with Gasteiger partial charge in [-0.25, -0.2) is 13.1 Å². The lowest BCUT2D eigenvalue weighted by atomic mass is 10.3. The van der Waals surface area contributed by atoms with Crippen molar-refractivity contribution < 1.29 is 8.42 Å². The van der Waals surface area contributed by atoms with E-state index in [4.69, 9.17) is 0 Å². The predicted octanol–water partition coefficient (Wildman–Crippen LogP) is 0.861. The van der Waals surface area contributed by atoms with Crippen molar-refractivity contribution in [2.24, 2.45) is 0 Å². The van der Waals surface area contributed by atoms with Crippen LogP contribution in [0.2, 0.25) is 0 Å². The molecule has 80 valence electrons. The number of H-pyrrole nitrogens is 1. The second kappa shape index (κ2) is 3.63. The van der Waals surface area contributed by atoms with E-state index in [2.05, 4.69) is 14.9 Å². The fourth-order valence-corrected chi connectivity index (χ4v) is 2.66. The van der Waals surface area contributed by atoms with Crippen molar-refractivity contribution >= 4 is 20.9 Å². The van der Waals surface area contributed by atoms with Crippen molar-refractivity contribution in [3.63, 3.8) is 0 Å². The van der Waals surface area contributed by atoms with Crippen LogP contribution in [0.4, 0.5) is 0 Å². The van der Waals surface area contributed by atoms with Crippen molar-refractivity contribution in [3.8, 4) is 0 Å². The summed E-state index contributed by atoms with van der Waals surface area (Å²) in [5.41, 5.74) is 0.540. The minimum atomic E-state index is -3.43. The van der Waals surface area contributed by atoms with Crippen molar-refractivity contribution in [2.45, 2.75) is 11.8 Å². The first kappa shape index (κ1) is 10.1. The summed E-state index contributed by atoms with van der Waals surface area (Å²) in [5.74, 6) is 0. The van der Waals surface area contributed by atoms with Crippen LogP contribution in [0.25, 0.3) is 10.9 Å². The number of benzene rings is 1. The molecule has 0 amide bonds. The Morgan fingerprint density at radius 1 is 1.47 bits per heavy atom. The van der Waals surface area contributed by atoms with Crippen LogP contribution in [0.1, 0.15) is 6.92 Å². The summed E-state index contributed by atoms with van der Waals surface area (Å²) in [7, 11) is -3.43. The normalized spacial score (nSPS) is 12.1. The van der Waals surface area contributed by atoms with E-state index in [-0.39, 0.29) is 4.90 Å². The van der Waals surface area contributed by atoms with Crippen LogP contribution in [0.3, 0.4) is 0 Å². The van der Waals surface area contributed by atoms with Gasteiger partial charge in [0.25, 0.3) is 0 Å². The van der Waals surface area contributed by atoms with Crippen molar-refractivity contribution in [3.05, 3.63) is 24.4 Å². The van der Waals surface area contributed by atoms with E-state index in [1.807, 2.05) is 6.07 Å². The first-order valence-electron chi connectivity index (χ1n) is 4.57. The largest absolute Gasteiger partial charge is 0.276 e. The molecule has 1 heterocycles. The zero-order valence-electron chi connectivity index (χ0n) is 8.19. The van der Waals surface area contributed by atoms with Gasteiger partial charge in [-0.15, -0.1) is 0 Å². The molecular formula is C9H11N3O2S. The number of hydrogen-bond donors (Lipinski definition) is 2.